The number of benzene rings is 1. The van der Waals surface area contributed by atoms with Gasteiger partial charge in [0.15, 0.2) is 0 Å². The van der Waals surface area contributed by atoms with Crippen LogP contribution in [0.5, 0.6) is 0 Å². The molecule has 3 aromatic rings. The van der Waals surface area contributed by atoms with Gasteiger partial charge in [-0.25, -0.2) is 19.9 Å². The van der Waals surface area contributed by atoms with E-state index in [-0.39, 0.29) is 2.85 Å². The highest BCUT2D eigenvalue weighted by atomic mass is 15.1. The zero-order valence-corrected chi connectivity index (χ0v) is 14.9. The zero-order valence-electron chi connectivity index (χ0n) is 14.9. The molecule has 5 rings (SSSR count). The first-order chi connectivity index (χ1) is 12.7. The van der Waals surface area contributed by atoms with Gasteiger partial charge in [-0.1, -0.05) is 19.1 Å². The highest BCUT2D eigenvalue weighted by molar-refractivity contribution is 5.88. The highest BCUT2D eigenvalue weighted by Crippen LogP contribution is 2.44. The number of hydrogen-bond donors (Lipinski definition) is 1. The average Bonchev–Trinajstić information content (AvgIpc) is 3.43. The van der Waals surface area contributed by atoms with E-state index in [1.807, 2.05) is 12.4 Å². The highest BCUT2D eigenvalue weighted by Gasteiger charge is 2.37. The Morgan fingerprint density at radius 3 is 3.00 bits per heavy atom. The van der Waals surface area contributed by atoms with Gasteiger partial charge in [-0.15, -0.1) is 0 Å². The number of allylic oxidation sites excluding steroid dienone is 1. The van der Waals surface area contributed by atoms with Crippen molar-refractivity contribution in [3.8, 4) is 0 Å². The third-order valence-corrected chi connectivity index (χ3v) is 5.48. The van der Waals surface area contributed by atoms with Crippen LogP contribution in [0.1, 0.15) is 45.9 Å². The summed E-state index contributed by atoms with van der Waals surface area (Å²) < 4.78 is 0. The molecular weight excluding hydrogens is 322 g/mol. The van der Waals surface area contributed by atoms with Crippen molar-refractivity contribution in [3.05, 3.63) is 59.8 Å². The van der Waals surface area contributed by atoms with Gasteiger partial charge in [0, 0.05) is 32.7 Å². The van der Waals surface area contributed by atoms with Crippen molar-refractivity contribution in [2.75, 3.05) is 11.9 Å². The number of rotatable bonds is 4. The van der Waals surface area contributed by atoms with Gasteiger partial charge in [-0.05, 0) is 54.4 Å². The standard InChI is InChI=1S/C21H21N5.2H2/c1-21(7-8-21)12-24-20-23-11-17-16(3-2-4-19(17)26-20)14-5-6-18-15(9-14)10-22-13-25-18;;/h3,5-6,9-11,13H,2,4,7-8,12H2,1H3,(H,23,24,26);2*1H. The largest absolute Gasteiger partial charge is 0.354 e. The maximum absolute atomic E-state index is 4.79. The lowest BCUT2D eigenvalue weighted by Crippen LogP contribution is -2.15. The van der Waals surface area contributed by atoms with Gasteiger partial charge in [0.1, 0.15) is 6.33 Å². The van der Waals surface area contributed by atoms with Crippen LogP contribution in [0.3, 0.4) is 0 Å². The first-order valence-corrected chi connectivity index (χ1v) is 9.21. The zero-order chi connectivity index (χ0) is 17.6. The number of nitrogens with one attached hydrogen (secondary N) is 1. The lowest BCUT2D eigenvalue weighted by Gasteiger charge is -2.19. The Bertz CT molecular complexity index is 1030. The van der Waals surface area contributed by atoms with Gasteiger partial charge in [0.2, 0.25) is 5.95 Å². The molecule has 26 heavy (non-hydrogen) atoms. The lowest BCUT2D eigenvalue weighted by molar-refractivity contribution is 0.607. The van der Waals surface area contributed by atoms with Crippen molar-refractivity contribution < 1.29 is 2.85 Å². The van der Waals surface area contributed by atoms with E-state index in [0.717, 1.165) is 47.5 Å². The summed E-state index contributed by atoms with van der Waals surface area (Å²) in [6.45, 7) is 3.27. The van der Waals surface area contributed by atoms with E-state index in [9.17, 15) is 0 Å². The van der Waals surface area contributed by atoms with Crippen molar-refractivity contribution in [2.45, 2.75) is 32.6 Å². The molecule has 0 atom stereocenters. The topological polar surface area (TPSA) is 63.6 Å². The number of hydrogen-bond acceptors (Lipinski definition) is 5. The Balaban J connectivity index is 0.00000112. The molecule has 5 heteroatoms. The van der Waals surface area contributed by atoms with E-state index in [1.165, 1.54) is 24.0 Å². The maximum Gasteiger partial charge on any atom is 0.222 e. The maximum atomic E-state index is 4.79. The van der Waals surface area contributed by atoms with Crippen LogP contribution in [0.15, 0.2) is 43.0 Å². The normalized spacial score (nSPS) is 17.5. The molecule has 0 saturated heterocycles. The van der Waals surface area contributed by atoms with Crippen LogP contribution >= 0.6 is 0 Å². The molecule has 2 aromatic heterocycles. The third kappa shape index (κ3) is 2.83. The molecule has 0 bridgehead atoms. The van der Waals surface area contributed by atoms with Crippen LogP contribution in [-0.2, 0) is 6.42 Å². The molecule has 2 heterocycles. The van der Waals surface area contributed by atoms with Crippen LogP contribution in [0.2, 0.25) is 0 Å². The number of anilines is 1. The van der Waals surface area contributed by atoms with Crippen molar-refractivity contribution in [1.82, 2.24) is 19.9 Å². The summed E-state index contributed by atoms with van der Waals surface area (Å²) in [5.41, 5.74) is 6.05. The average molecular weight is 347 g/mol. The Morgan fingerprint density at radius 2 is 2.12 bits per heavy atom. The summed E-state index contributed by atoms with van der Waals surface area (Å²) in [4.78, 5) is 17.8. The number of fused-ring (bicyclic) bond motifs is 2. The fourth-order valence-corrected chi connectivity index (χ4v) is 3.49. The minimum atomic E-state index is 0. The van der Waals surface area contributed by atoms with Gasteiger partial charge >= 0.3 is 0 Å². The van der Waals surface area contributed by atoms with E-state index in [0.29, 0.717) is 5.41 Å². The fraction of sp³-hybridized carbons (Fsp3) is 0.333. The molecule has 1 aromatic carbocycles. The van der Waals surface area contributed by atoms with Crippen molar-refractivity contribution in [2.24, 2.45) is 5.41 Å². The molecule has 1 fully saturated rings. The first kappa shape index (κ1) is 15.4. The van der Waals surface area contributed by atoms with Gasteiger partial charge in [0.25, 0.3) is 0 Å². The fourth-order valence-electron chi connectivity index (χ4n) is 3.49. The Kier molecular flexibility index (Phi) is 3.48. The SMILES string of the molecule is CC1(CNc2ncc3c(n2)CCC=C3c2ccc3ncncc3c2)CC1.[HH].[HH]. The second kappa shape index (κ2) is 5.87. The molecule has 2 aliphatic carbocycles. The quantitative estimate of drug-likeness (QED) is 0.753. The second-order valence-corrected chi connectivity index (χ2v) is 7.67. The van der Waals surface area contributed by atoms with Crippen LogP contribution in [-0.4, -0.2) is 26.5 Å². The summed E-state index contributed by atoms with van der Waals surface area (Å²) in [5, 5.41) is 4.47. The van der Waals surface area contributed by atoms with Gasteiger partial charge in [-0.2, -0.15) is 0 Å². The molecule has 0 amide bonds. The smallest absolute Gasteiger partial charge is 0.222 e. The summed E-state index contributed by atoms with van der Waals surface area (Å²) in [7, 11) is 0. The second-order valence-electron chi connectivity index (χ2n) is 7.67. The van der Waals surface area contributed by atoms with Crippen molar-refractivity contribution >= 4 is 22.4 Å². The minimum Gasteiger partial charge on any atom is -0.354 e. The van der Waals surface area contributed by atoms with E-state index >= 15 is 0 Å². The summed E-state index contributed by atoms with van der Waals surface area (Å²) >= 11 is 0. The monoisotopic (exact) mass is 347 g/mol. The molecule has 0 unspecified atom stereocenters. The summed E-state index contributed by atoms with van der Waals surface area (Å²) in [5.74, 6) is 0.755. The van der Waals surface area contributed by atoms with Crippen LogP contribution in [0.25, 0.3) is 16.5 Å². The molecule has 0 aliphatic heterocycles. The number of aryl methyl sites for hydroxylation is 1. The van der Waals surface area contributed by atoms with E-state index in [2.05, 4.69) is 51.5 Å². The summed E-state index contributed by atoms with van der Waals surface area (Å²) in [6.07, 6.45) is 12.3. The van der Waals surface area contributed by atoms with E-state index in [4.69, 9.17) is 4.98 Å². The predicted octanol–water partition coefficient (Wildman–Crippen LogP) is 4.50. The number of aromatic nitrogens is 4. The molecule has 0 radical (unpaired) electrons. The van der Waals surface area contributed by atoms with E-state index in [1.54, 1.807) is 6.33 Å². The molecule has 0 spiro atoms. The van der Waals surface area contributed by atoms with Crippen LogP contribution < -0.4 is 5.32 Å². The van der Waals surface area contributed by atoms with Gasteiger partial charge in [0.05, 0.1) is 11.2 Å². The molecule has 134 valence electrons. The minimum absolute atomic E-state index is 0. The van der Waals surface area contributed by atoms with E-state index < -0.39 is 0 Å². The first-order valence-electron chi connectivity index (χ1n) is 9.21. The van der Waals surface area contributed by atoms with Crippen LogP contribution in [0.4, 0.5) is 5.95 Å². The molecule has 2 aliphatic rings. The van der Waals surface area contributed by atoms with Crippen LogP contribution in [0, 0.1) is 5.41 Å². The predicted molar refractivity (Wildman–Crippen MR) is 107 cm³/mol. The molecular formula is C21H25N5. The lowest BCUT2D eigenvalue weighted by atomic mass is 9.90. The van der Waals surface area contributed by atoms with Gasteiger partial charge in [-0.3, -0.25) is 0 Å². The molecule has 5 nitrogen and oxygen atoms in total. The summed E-state index contributed by atoms with van der Waals surface area (Å²) in [6, 6.07) is 6.32. The Labute approximate surface area is 155 Å². The number of nitrogens with zero attached hydrogens (tertiary/aromatic N) is 4. The van der Waals surface area contributed by atoms with Gasteiger partial charge < -0.3 is 5.32 Å². The molecule has 1 N–H and O–H groups in total. The Morgan fingerprint density at radius 1 is 1.19 bits per heavy atom. The third-order valence-electron chi connectivity index (χ3n) is 5.48. The van der Waals surface area contributed by atoms with Crippen molar-refractivity contribution in [1.29, 1.82) is 0 Å². The molecule has 1 saturated carbocycles. The Hall–Kier alpha value is -2.82. The van der Waals surface area contributed by atoms with Crippen molar-refractivity contribution in [3.63, 3.8) is 0 Å².